The van der Waals surface area contributed by atoms with E-state index in [1.54, 1.807) is 67.8 Å². The molecule has 0 aliphatic carbocycles. The summed E-state index contributed by atoms with van der Waals surface area (Å²) >= 11 is 0. The van der Waals surface area contributed by atoms with Crippen LogP contribution in [0.3, 0.4) is 0 Å². The molecular weight excluding hydrogens is 450 g/mol. The van der Waals surface area contributed by atoms with E-state index in [0.717, 1.165) is 5.56 Å². The van der Waals surface area contributed by atoms with Crippen molar-refractivity contribution >= 4 is 17.6 Å². The fourth-order valence-corrected chi connectivity index (χ4v) is 3.53. The molecule has 0 spiro atoms. The van der Waals surface area contributed by atoms with Crippen molar-refractivity contribution in [2.24, 2.45) is 0 Å². The van der Waals surface area contributed by atoms with Gasteiger partial charge >= 0.3 is 5.97 Å². The highest BCUT2D eigenvalue weighted by Gasteiger charge is 2.25. The summed E-state index contributed by atoms with van der Waals surface area (Å²) in [6, 6.07) is 19.4. The van der Waals surface area contributed by atoms with Gasteiger partial charge in [0.05, 0.1) is 28.4 Å². The molecule has 0 aliphatic heterocycles. The number of aryl methyl sites for hydroxylation is 1. The SMILES string of the molecule is COc1cccc(NC(=O)C(OC(=O)CCc2cc(OC)c(OC)c(OC)c2)c2ccccc2)c1. The molecule has 35 heavy (non-hydrogen) atoms. The molecular formula is C27H29NO7. The molecule has 3 aromatic rings. The Morgan fingerprint density at radius 3 is 2.09 bits per heavy atom. The summed E-state index contributed by atoms with van der Waals surface area (Å²) < 4.78 is 26.9. The second kappa shape index (κ2) is 12.3. The van der Waals surface area contributed by atoms with Crippen molar-refractivity contribution in [2.75, 3.05) is 33.8 Å². The number of nitrogens with one attached hydrogen (secondary N) is 1. The van der Waals surface area contributed by atoms with Gasteiger partial charge in [0.15, 0.2) is 11.5 Å². The summed E-state index contributed by atoms with van der Waals surface area (Å²) in [7, 11) is 6.13. The van der Waals surface area contributed by atoms with Crippen molar-refractivity contribution in [3.63, 3.8) is 0 Å². The summed E-state index contributed by atoms with van der Waals surface area (Å²) in [5, 5.41) is 2.79. The second-order valence-corrected chi connectivity index (χ2v) is 7.54. The van der Waals surface area contributed by atoms with Gasteiger partial charge in [0.2, 0.25) is 11.9 Å². The molecule has 1 N–H and O–H groups in total. The molecule has 0 saturated carbocycles. The Morgan fingerprint density at radius 2 is 1.49 bits per heavy atom. The van der Waals surface area contributed by atoms with Gasteiger partial charge in [-0.1, -0.05) is 36.4 Å². The third-order valence-corrected chi connectivity index (χ3v) is 5.27. The lowest BCUT2D eigenvalue weighted by Crippen LogP contribution is -2.26. The standard InChI is InChI=1S/C27H29NO7/c1-31-21-12-8-11-20(17-21)28-27(30)25(19-9-6-5-7-10-19)35-24(29)14-13-18-15-22(32-2)26(34-4)23(16-18)33-3/h5-12,15-17,25H,13-14H2,1-4H3,(H,28,30). The van der Waals surface area contributed by atoms with E-state index in [2.05, 4.69) is 5.32 Å². The largest absolute Gasteiger partial charge is 0.497 e. The van der Waals surface area contributed by atoms with Gasteiger partial charge in [0.1, 0.15) is 5.75 Å². The number of methoxy groups -OCH3 is 4. The summed E-state index contributed by atoms with van der Waals surface area (Å²) in [4.78, 5) is 25.9. The normalized spacial score (nSPS) is 11.2. The topological polar surface area (TPSA) is 92.3 Å². The van der Waals surface area contributed by atoms with E-state index in [4.69, 9.17) is 23.7 Å². The van der Waals surface area contributed by atoms with Crippen LogP contribution in [0.4, 0.5) is 5.69 Å². The lowest BCUT2D eigenvalue weighted by atomic mass is 10.1. The summed E-state index contributed by atoms with van der Waals surface area (Å²) in [5.41, 5.74) is 1.89. The van der Waals surface area contributed by atoms with E-state index in [-0.39, 0.29) is 6.42 Å². The molecule has 0 saturated heterocycles. The third-order valence-electron chi connectivity index (χ3n) is 5.27. The number of carbonyl (C=O) groups excluding carboxylic acids is 2. The average molecular weight is 480 g/mol. The fourth-order valence-electron chi connectivity index (χ4n) is 3.53. The van der Waals surface area contributed by atoms with Gasteiger partial charge in [-0.15, -0.1) is 0 Å². The molecule has 3 rings (SSSR count). The molecule has 0 aromatic heterocycles. The number of hydrogen-bond donors (Lipinski definition) is 1. The predicted octanol–water partition coefficient (Wildman–Crippen LogP) is 4.58. The molecule has 1 unspecified atom stereocenters. The number of amides is 1. The minimum absolute atomic E-state index is 0.0500. The number of rotatable bonds is 11. The van der Waals surface area contributed by atoms with Crippen molar-refractivity contribution in [2.45, 2.75) is 18.9 Å². The Labute approximate surface area is 204 Å². The summed E-state index contributed by atoms with van der Waals surface area (Å²) in [6.45, 7) is 0. The van der Waals surface area contributed by atoms with Gasteiger partial charge < -0.3 is 29.0 Å². The molecule has 8 nitrogen and oxygen atoms in total. The first kappa shape index (κ1) is 25.4. The maximum Gasteiger partial charge on any atom is 0.307 e. The molecule has 3 aromatic carbocycles. The van der Waals surface area contributed by atoms with Crippen molar-refractivity contribution in [1.82, 2.24) is 0 Å². The van der Waals surface area contributed by atoms with Crippen molar-refractivity contribution in [3.8, 4) is 23.0 Å². The van der Waals surface area contributed by atoms with E-state index in [0.29, 0.717) is 40.7 Å². The third kappa shape index (κ3) is 6.66. The molecule has 0 fully saturated rings. The number of anilines is 1. The van der Waals surface area contributed by atoms with Crippen LogP contribution < -0.4 is 24.3 Å². The first-order valence-electron chi connectivity index (χ1n) is 11.0. The first-order chi connectivity index (χ1) is 17.0. The summed E-state index contributed by atoms with van der Waals surface area (Å²) in [6.07, 6.45) is -0.710. The number of benzene rings is 3. The molecule has 184 valence electrons. The number of ether oxygens (including phenoxy) is 5. The van der Waals surface area contributed by atoms with Gasteiger partial charge in [-0.2, -0.15) is 0 Å². The Balaban J connectivity index is 1.73. The zero-order valence-corrected chi connectivity index (χ0v) is 20.2. The van der Waals surface area contributed by atoms with Crippen molar-refractivity contribution in [1.29, 1.82) is 0 Å². The van der Waals surface area contributed by atoms with Crippen LogP contribution in [0, 0.1) is 0 Å². The molecule has 0 aliphatic rings. The van der Waals surface area contributed by atoms with Gasteiger partial charge in [0, 0.05) is 23.7 Å². The van der Waals surface area contributed by atoms with E-state index >= 15 is 0 Å². The van der Waals surface area contributed by atoms with E-state index in [1.807, 2.05) is 6.07 Å². The molecule has 0 radical (unpaired) electrons. The smallest absolute Gasteiger partial charge is 0.307 e. The fraction of sp³-hybridized carbons (Fsp3) is 0.259. The van der Waals surface area contributed by atoms with Crippen LogP contribution in [-0.4, -0.2) is 40.3 Å². The van der Waals surface area contributed by atoms with Crippen molar-refractivity contribution < 1.29 is 33.3 Å². The number of esters is 1. The molecule has 1 atom stereocenters. The second-order valence-electron chi connectivity index (χ2n) is 7.54. The van der Waals surface area contributed by atoms with Crippen LogP contribution >= 0.6 is 0 Å². The maximum atomic E-state index is 13.1. The molecule has 1 amide bonds. The Bertz CT molecular complexity index is 1120. The van der Waals surface area contributed by atoms with Crippen LogP contribution in [0.15, 0.2) is 66.7 Å². The Morgan fingerprint density at radius 1 is 0.800 bits per heavy atom. The number of hydrogen-bond acceptors (Lipinski definition) is 7. The Hall–Kier alpha value is -4.20. The van der Waals surface area contributed by atoms with Crippen LogP contribution in [-0.2, 0) is 20.7 Å². The molecule has 0 bridgehead atoms. The molecule has 0 heterocycles. The van der Waals surface area contributed by atoms with Crippen LogP contribution in [0.5, 0.6) is 23.0 Å². The maximum absolute atomic E-state index is 13.1. The Kier molecular flexibility index (Phi) is 8.95. The zero-order valence-electron chi connectivity index (χ0n) is 20.2. The minimum atomic E-state index is -1.12. The predicted molar refractivity (Wildman–Crippen MR) is 131 cm³/mol. The van der Waals surface area contributed by atoms with Gasteiger partial charge in [0.25, 0.3) is 5.91 Å². The lowest BCUT2D eigenvalue weighted by molar-refractivity contribution is -0.154. The highest BCUT2D eigenvalue weighted by atomic mass is 16.5. The quantitative estimate of drug-likeness (QED) is 0.403. The van der Waals surface area contributed by atoms with Gasteiger partial charge in [-0.05, 0) is 36.2 Å². The summed E-state index contributed by atoms with van der Waals surface area (Å²) in [5.74, 6) is 1.07. The lowest BCUT2D eigenvalue weighted by Gasteiger charge is -2.19. The zero-order chi connectivity index (χ0) is 25.2. The first-order valence-corrected chi connectivity index (χ1v) is 11.0. The van der Waals surface area contributed by atoms with E-state index < -0.39 is 18.0 Å². The van der Waals surface area contributed by atoms with Crippen LogP contribution in [0.1, 0.15) is 23.7 Å². The molecule has 8 heteroatoms. The number of carbonyl (C=O) groups is 2. The van der Waals surface area contributed by atoms with Crippen LogP contribution in [0.25, 0.3) is 0 Å². The average Bonchev–Trinajstić information content (AvgIpc) is 2.90. The van der Waals surface area contributed by atoms with Crippen molar-refractivity contribution in [3.05, 3.63) is 77.9 Å². The monoisotopic (exact) mass is 479 g/mol. The van der Waals surface area contributed by atoms with Gasteiger partial charge in [-0.25, -0.2) is 0 Å². The van der Waals surface area contributed by atoms with E-state index in [1.165, 1.54) is 21.3 Å². The highest BCUT2D eigenvalue weighted by Crippen LogP contribution is 2.38. The minimum Gasteiger partial charge on any atom is -0.497 e. The van der Waals surface area contributed by atoms with Crippen LogP contribution in [0.2, 0.25) is 0 Å². The van der Waals surface area contributed by atoms with E-state index in [9.17, 15) is 9.59 Å². The highest BCUT2D eigenvalue weighted by molar-refractivity contribution is 5.96. The van der Waals surface area contributed by atoms with Gasteiger partial charge in [-0.3, -0.25) is 9.59 Å².